The molecule has 2 unspecified atom stereocenters. The van der Waals surface area contributed by atoms with E-state index < -0.39 is 0 Å². The number of aryl methyl sites for hydroxylation is 1. The predicted molar refractivity (Wildman–Crippen MR) is 84.8 cm³/mol. The van der Waals surface area contributed by atoms with Crippen LogP contribution in [0.1, 0.15) is 46.0 Å². The number of hydrogen-bond donors (Lipinski definition) is 2. The molecule has 110 valence electrons. The number of carbonyl (C=O) groups excluding carboxylic acids is 1. The maximum absolute atomic E-state index is 12.6. The lowest BCUT2D eigenvalue weighted by atomic mass is 9.88. The van der Waals surface area contributed by atoms with Gasteiger partial charge in [-0.25, -0.2) is 0 Å². The molecule has 1 amide bonds. The van der Waals surface area contributed by atoms with Crippen LogP contribution in [0.3, 0.4) is 0 Å². The van der Waals surface area contributed by atoms with Gasteiger partial charge in [0.15, 0.2) is 0 Å². The molecule has 0 saturated carbocycles. The Morgan fingerprint density at radius 3 is 3.00 bits per heavy atom. The molecular formula is C16H19N3OS. The fraction of sp³-hybridized carbons (Fsp3) is 0.438. The third-order valence-corrected chi connectivity index (χ3v) is 5.75. The minimum Gasteiger partial charge on any atom is -0.351 e. The van der Waals surface area contributed by atoms with Crippen LogP contribution in [-0.4, -0.2) is 10.5 Å². The minimum atomic E-state index is -0.137. The first kappa shape index (κ1) is 13.0. The molecule has 4 nitrogen and oxygen atoms in total. The standard InChI is InChI=1S/C16H19N3OS/c1-9-5-6-10-12(8-9)21-16-13(10)15(20)17-14(18-16)11-4-3-7-19(11)2/h3-4,7,9,14,18H,5-6,8H2,1-2H3,(H,17,20). The highest BCUT2D eigenvalue weighted by molar-refractivity contribution is 7.16. The molecule has 0 fully saturated rings. The van der Waals surface area contributed by atoms with Gasteiger partial charge >= 0.3 is 0 Å². The lowest BCUT2D eigenvalue weighted by molar-refractivity contribution is 0.0934. The van der Waals surface area contributed by atoms with Gasteiger partial charge in [0.05, 0.1) is 11.3 Å². The number of hydrogen-bond acceptors (Lipinski definition) is 3. The van der Waals surface area contributed by atoms with Crippen LogP contribution in [-0.2, 0) is 19.9 Å². The zero-order valence-electron chi connectivity index (χ0n) is 12.3. The molecule has 2 aromatic rings. The van der Waals surface area contributed by atoms with Crippen LogP contribution in [0.5, 0.6) is 0 Å². The summed E-state index contributed by atoms with van der Waals surface area (Å²) in [6.07, 6.45) is 5.19. The number of nitrogens with zero attached hydrogens (tertiary/aromatic N) is 1. The van der Waals surface area contributed by atoms with Crippen molar-refractivity contribution in [2.45, 2.75) is 32.4 Å². The van der Waals surface area contributed by atoms with Gasteiger partial charge in [0, 0.05) is 18.1 Å². The SMILES string of the molecule is CC1CCc2c(sc3c2C(=O)NC(c2cccn2C)N3)C1. The summed E-state index contributed by atoms with van der Waals surface area (Å²) < 4.78 is 2.04. The Bertz CT molecular complexity index is 715. The summed E-state index contributed by atoms with van der Waals surface area (Å²) in [6.45, 7) is 2.29. The van der Waals surface area contributed by atoms with E-state index in [1.807, 2.05) is 29.9 Å². The Balaban J connectivity index is 1.73. The van der Waals surface area contributed by atoms with Crippen molar-refractivity contribution in [3.05, 3.63) is 40.0 Å². The van der Waals surface area contributed by atoms with Gasteiger partial charge in [0.25, 0.3) is 5.91 Å². The fourth-order valence-corrected chi connectivity index (χ4v) is 4.82. The van der Waals surface area contributed by atoms with E-state index in [9.17, 15) is 4.79 Å². The Labute approximate surface area is 128 Å². The number of anilines is 1. The van der Waals surface area contributed by atoms with E-state index in [0.717, 1.165) is 35.0 Å². The first-order valence-corrected chi connectivity index (χ1v) is 8.28. The highest BCUT2D eigenvalue weighted by Gasteiger charge is 2.33. The Morgan fingerprint density at radius 1 is 1.38 bits per heavy atom. The second-order valence-corrected chi connectivity index (χ2v) is 7.26. The average Bonchev–Trinajstić information content (AvgIpc) is 3.01. The largest absolute Gasteiger partial charge is 0.351 e. The third kappa shape index (κ3) is 1.99. The minimum absolute atomic E-state index is 0.0713. The summed E-state index contributed by atoms with van der Waals surface area (Å²) >= 11 is 1.77. The van der Waals surface area contributed by atoms with Crippen LogP contribution in [0.4, 0.5) is 5.00 Å². The Hall–Kier alpha value is -1.75. The van der Waals surface area contributed by atoms with Gasteiger partial charge in [-0.15, -0.1) is 11.3 Å². The summed E-state index contributed by atoms with van der Waals surface area (Å²) in [4.78, 5) is 14.0. The van der Waals surface area contributed by atoms with Crippen LogP contribution in [0.2, 0.25) is 0 Å². The molecule has 1 aliphatic carbocycles. The molecule has 1 aliphatic heterocycles. The van der Waals surface area contributed by atoms with Gasteiger partial charge in [-0.05, 0) is 42.9 Å². The fourth-order valence-electron chi connectivity index (χ4n) is 3.39. The number of amides is 1. The molecule has 2 atom stereocenters. The van der Waals surface area contributed by atoms with Crippen molar-refractivity contribution in [1.82, 2.24) is 9.88 Å². The lowest BCUT2D eigenvalue weighted by Crippen LogP contribution is -2.39. The summed E-state index contributed by atoms with van der Waals surface area (Å²) in [5.74, 6) is 0.798. The molecule has 0 aromatic carbocycles. The number of fused-ring (bicyclic) bond motifs is 3. The molecule has 21 heavy (non-hydrogen) atoms. The molecule has 4 rings (SSSR count). The van der Waals surface area contributed by atoms with E-state index in [1.165, 1.54) is 16.9 Å². The summed E-state index contributed by atoms with van der Waals surface area (Å²) in [5, 5.41) is 7.65. The van der Waals surface area contributed by atoms with Gasteiger partial charge in [0.1, 0.15) is 11.2 Å². The number of thiophene rings is 1. The molecule has 2 aromatic heterocycles. The van der Waals surface area contributed by atoms with Crippen LogP contribution < -0.4 is 10.6 Å². The summed E-state index contributed by atoms with van der Waals surface area (Å²) in [6, 6.07) is 4.04. The number of carbonyl (C=O) groups is 1. The lowest BCUT2D eigenvalue weighted by Gasteiger charge is -2.27. The first-order valence-electron chi connectivity index (χ1n) is 7.46. The smallest absolute Gasteiger partial charge is 0.256 e. The Kier molecular flexibility index (Phi) is 2.85. The molecule has 0 bridgehead atoms. The monoisotopic (exact) mass is 301 g/mol. The number of rotatable bonds is 1. The van der Waals surface area contributed by atoms with E-state index in [2.05, 4.69) is 17.6 Å². The van der Waals surface area contributed by atoms with Crippen molar-refractivity contribution < 1.29 is 4.79 Å². The van der Waals surface area contributed by atoms with Crippen LogP contribution in [0.15, 0.2) is 18.3 Å². The quantitative estimate of drug-likeness (QED) is 0.850. The van der Waals surface area contributed by atoms with Gasteiger partial charge in [-0.2, -0.15) is 0 Å². The molecule has 3 heterocycles. The summed E-state index contributed by atoms with van der Waals surface area (Å²) in [7, 11) is 2.00. The van der Waals surface area contributed by atoms with Crippen molar-refractivity contribution in [2.24, 2.45) is 13.0 Å². The molecule has 2 aliphatic rings. The highest BCUT2D eigenvalue weighted by Crippen LogP contribution is 2.42. The van der Waals surface area contributed by atoms with E-state index in [4.69, 9.17) is 0 Å². The molecule has 5 heteroatoms. The van der Waals surface area contributed by atoms with Crippen molar-refractivity contribution in [3.8, 4) is 0 Å². The van der Waals surface area contributed by atoms with Crippen LogP contribution in [0, 0.1) is 5.92 Å². The average molecular weight is 301 g/mol. The van der Waals surface area contributed by atoms with Gasteiger partial charge in [-0.1, -0.05) is 6.92 Å². The highest BCUT2D eigenvalue weighted by atomic mass is 32.1. The van der Waals surface area contributed by atoms with Crippen molar-refractivity contribution >= 4 is 22.2 Å². The van der Waals surface area contributed by atoms with E-state index >= 15 is 0 Å². The van der Waals surface area contributed by atoms with Gasteiger partial charge in [0.2, 0.25) is 0 Å². The number of aromatic nitrogens is 1. The van der Waals surface area contributed by atoms with E-state index in [-0.39, 0.29) is 12.1 Å². The van der Waals surface area contributed by atoms with E-state index in [1.54, 1.807) is 11.3 Å². The maximum Gasteiger partial charge on any atom is 0.256 e. The zero-order valence-corrected chi connectivity index (χ0v) is 13.1. The third-order valence-electron chi connectivity index (χ3n) is 4.57. The Morgan fingerprint density at radius 2 is 2.24 bits per heavy atom. The molecule has 0 radical (unpaired) electrons. The maximum atomic E-state index is 12.6. The molecule has 0 spiro atoms. The molecule has 2 N–H and O–H groups in total. The zero-order chi connectivity index (χ0) is 14.6. The van der Waals surface area contributed by atoms with Crippen molar-refractivity contribution in [3.63, 3.8) is 0 Å². The van der Waals surface area contributed by atoms with Crippen LogP contribution >= 0.6 is 11.3 Å². The van der Waals surface area contributed by atoms with Crippen molar-refractivity contribution in [1.29, 1.82) is 0 Å². The van der Waals surface area contributed by atoms with E-state index in [0.29, 0.717) is 0 Å². The van der Waals surface area contributed by atoms with Crippen molar-refractivity contribution in [2.75, 3.05) is 5.32 Å². The molecule has 0 saturated heterocycles. The second-order valence-electron chi connectivity index (χ2n) is 6.15. The first-order chi connectivity index (χ1) is 10.1. The van der Waals surface area contributed by atoms with Crippen LogP contribution in [0.25, 0.3) is 0 Å². The van der Waals surface area contributed by atoms with Gasteiger partial charge < -0.3 is 15.2 Å². The number of nitrogens with one attached hydrogen (secondary N) is 2. The normalized spacial score (nSPS) is 24.0. The van der Waals surface area contributed by atoms with Gasteiger partial charge in [-0.3, -0.25) is 4.79 Å². The predicted octanol–water partition coefficient (Wildman–Crippen LogP) is 3.07. The molecular weight excluding hydrogens is 282 g/mol. The topological polar surface area (TPSA) is 46.1 Å². The second kappa shape index (κ2) is 4.63. The summed E-state index contributed by atoms with van der Waals surface area (Å²) in [5.41, 5.74) is 3.25.